The summed E-state index contributed by atoms with van der Waals surface area (Å²) in [6.07, 6.45) is -0.192. The fraction of sp³-hybridized carbons (Fsp3) is 0.429. The Hall–Kier alpha value is -4.40. The fourth-order valence-corrected chi connectivity index (χ4v) is 4.91. The van der Waals surface area contributed by atoms with Gasteiger partial charge in [-0.2, -0.15) is 0 Å². The molecule has 0 heterocycles. The quantitative estimate of drug-likeness (QED) is 0.304. The molecule has 0 saturated carbocycles. The summed E-state index contributed by atoms with van der Waals surface area (Å²) in [5.41, 5.74) is 0.00557. The minimum absolute atomic E-state index is 0.0526. The van der Waals surface area contributed by atoms with Gasteiger partial charge >= 0.3 is 12.1 Å². The maximum absolute atomic E-state index is 14.3. The summed E-state index contributed by atoms with van der Waals surface area (Å²) in [5, 5.41) is 4.94. The van der Waals surface area contributed by atoms with E-state index in [4.69, 9.17) is 9.47 Å². The van der Waals surface area contributed by atoms with E-state index >= 15 is 0 Å². The highest BCUT2D eigenvalue weighted by Gasteiger charge is 2.37. The summed E-state index contributed by atoms with van der Waals surface area (Å²) in [4.78, 5) is 55.5. The maximum atomic E-state index is 14.3. The third-order valence-corrected chi connectivity index (χ3v) is 7.18. The number of amides is 3. The summed E-state index contributed by atoms with van der Waals surface area (Å²) in [7, 11) is 3.11. The summed E-state index contributed by atoms with van der Waals surface area (Å²) in [6, 6.07) is 21.4. The number of fused-ring (bicyclic) bond motifs is 1. The molecule has 9 nitrogen and oxygen atoms in total. The van der Waals surface area contributed by atoms with E-state index in [9.17, 15) is 19.2 Å². The number of benzene rings is 3. The molecule has 0 bridgehead atoms. The van der Waals surface area contributed by atoms with E-state index in [2.05, 4.69) is 5.32 Å². The summed E-state index contributed by atoms with van der Waals surface area (Å²) in [5.74, 6) is -1.28. The number of rotatable bonds is 11. The van der Waals surface area contributed by atoms with Gasteiger partial charge in [-0.1, -0.05) is 72.8 Å². The molecule has 0 aliphatic carbocycles. The average Bonchev–Trinajstić information content (AvgIpc) is 2.95. The highest BCUT2D eigenvalue weighted by molar-refractivity contribution is 5.92. The van der Waals surface area contributed by atoms with Crippen LogP contribution in [0.25, 0.3) is 10.8 Å². The van der Waals surface area contributed by atoms with Gasteiger partial charge in [0.15, 0.2) is 0 Å². The van der Waals surface area contributed by atoms with E-state index in [0.717, 1.165) is 21.9 Å². The van der Waals surface area contributed by atoms with Gasteiger partial charge in [-0.15, -0.1) is 0 Å². The molecule has 3 aromatic carbocycles. The van der Waals surface area contributed by atoms with Crippen LogP contribution >= 0.6 is 0 Å². The Morgan fingerprint density at radius 3 is 1.93 bits per heavy atom. The van der Waals surface area contributed by atoms with Gasteiger partial charge in [0, 0.05) is 33.9 Å². The number of nitrogens with one attached hydrogen (secondary N) is 1. The van der Waals surface area contributed by atoms with Crippen molar-refractivity contribution in [1.82, 2.24) is 15.1 Å². The maximum Gasteiger partial charge on any atom is 0.410 e. The highest BCUT2D eigenvalue weighted by atomic mass is 16.6. The summed E-state index contributed by atoms with van der Waals surface area (Å²) >= 11 is 0. The Kier molecular flexibility index (Phi) is 11.1. The standard InChI is InChI=1S/C35H45N3O6/c1-24(39)43-35(5,6)23-36-31(40)29(21-25-14-10-9-11-15-25)37(7)32(41)30(38(8)33(42)44-34(2,3)4)22-26-18-19-27-16-12-13-17-28(27)20-26/h9-20,29-30H,21-23H2,1-8H3,(H,36,40)/t29?,30-/m1/s1. The average molecular weight is 604 g/mol. The number of esters is 1. The molecule has 44 heavy (non-hydrogen) atoms. The first-order chi connectivity index (χ1) is 20.6. The van der Waals surface area contributed by atoms with E-state index in [-0.39, 0.29) is 19.4 Å². The molecule has 236 valence electrons. The Balaban J connectivity index is 1.95. The zero-order valence-electron chi connectivity index (χ0n) is 27.0. The second-order valence-corrected chi connectivity index (χ2v) is 12.7. The van der Waals surface area contributed by atoms with Gasteiger partial charge in [-0.25, -0.2) is 4.79 Å². The molecule has 0 radical (unpaired) electrons. The largest absolute Gasteiger partial charge is 0.458 e. The second kappa shape index (κ2) is 14.4. The van der Waals surface area contributed by atoms with E-state index < -0.39 is 47.2 Å². The minimum Gasteiger partial charge on any atom is -0.458 e. The molecular weight excluding hydrogens is 558 g/mol. The molecule has 0 aliphatic heterocycles. The van der Waals surface area contributed by atoms with Crippen LogP contribution in [0.3, 0.4) is 0 Å². The number of likely N-dealkylation sites (N-methyl/N-ethyl adjacent to an activating group) is 2. The first-order valence-electron chi connectivity index (χ1n) is 14.8. The Bertz CT molecular complexity index is 1460. The lowest BCUT2D eigenvalue weighted by Crippen LogP contribution is -2.57. The van der Waals surface area contributed by atoms with Crippen LogP contribution in [-0.4, -0.2) is 77.6 Å². The van der Waals surface area contributed by atoms with E-state index in [1.165, 1.54) is 16.7 Å². The topological polar surface area (TPSA) is 105 Å². The lowest BCUT2D eigenvalue weighted by molar-refractivity contribution is -0.154. The number of nitrogens with zero attached hydrogens (tertiary/aromatic N) is 2. The third-order valence-electron chi connectivity index (χ3n) is 7.18. The predicted octanol–water partition coefficient (Wildman–Crippen LogP) is 5.15. The smallest absolute Gasteiger partial charge is 0.410 e. The van der Waals surface area contributed by atoms with Crippen LogP contribution in [-0.2, 0) is 36.7 Å². The minimum atomic E-state index is -0.959. The molecule has 3 amide bonds. The Labute approximate surface area is 260 Å². The Morgan fingerprint density at radius 1 is 0.727 bits per heavy atom. The fourth-order valence-electron chi connectivity index (χ4n) is 4.91. The molecule has 3 rings (SSSR count). The van der Waals surface area contributed by atoms with E-state index in [1.807, 2.05) is 72.8 Å². The van der Waals surface area contributed by atoms with E-state index in [0.29, 0.717) is 0 Å². The van der Waals surface area contributed by atoms with Crippen LogP contribution in [0, 0.1) is 0 Å². The Morgan fingerprint density at radius 2 is 1.32 bits per heavy atom. The first kappa shape index (κ1) is 34.1. The van der Waals surface area contributed by atoms with Crippen molar-refractivity contribution in [3.8, 4) is 0 Å². The molecule has 9 heteroatoms. The van der Waals surface area contributed by atoms with Crippen molar-refractivity contribution in [2.45, 2.75) is 77.7 Å². The molecule has 0 aliphatic rings. The van der Waals surface area contributed by atoms with Gasteiger partial charge < -0.3 is 19.7 Å². The van der Waals surface area contributed by atoms with Crippen LogP contribution < -0.4 is 5.32 Å². The molecule has 1 N–H and O–H groups in total. The molecule has 0 aromatic heterocycles. The molecule has 1 unspecified atom stereocenters. The van der Waals surface area contributed by atoms with Crippen LogP contribution in [0.2, 0.25) is 0 Å². The van der Waals surface area contributed by atoms with Gasteiger partial charge in [0.2, 0.25) is 11.8 Å². The van der Waals surface area contributed by atoms with Gasteiger partial charge in [0.05, 0.1) is 6.54 Å². The third kappa shape index (κ3) is 9.82. The number of hydrogen-bond acceptors (Lipinski definition) is 6. The SMILES string of the molecule is CC(=O)OC(C)(C)CNC(=O)C(Cc1ccccc1)N(C)C(=O)[C@@H](Cc1ccc2ccccc2c1)N(C)C(=O)OC(C)(C)C. The number of ether oxygens (including phenoxy) is 2. The summed E-state index contributed by atoms with van der Waals surface area (Å²) in [6.45, 7) is 10.1. The van der Waals surface area contributed by atoms with Gasteiger partial charge in [0.1, 0.15) is 23.3 Å². The van der Waals surface area contributed by atoms with Crippen molar-refractivity contribution in [3.63, 3.8) is 0 Å². The monoisotopic (exact) mass is 603 g/mol. The van der Waals surface area contributed by atoms with Crippen LogP contribution in [0.15, 0.2) is 72.8 Å². The van der Waals surface area contributed by atoms with Crippen molar-refractivity contribution in [1.29, 1.82) is 0 Å². The number of carbonyl (C=O) groups excluding carboxylic acids is 4. The lowest BCUT2D eigenvalue weighted by Gasteiger charge is -2.35. The van der Waals surface area contributed by atoms with Crippen molar-refractivity contribution in [3.05, 3.63) is 83.9 Å². The van der Waals surface area contributed by atoms with Gasteiger partial charge in [-0.3, -0.25) is 19.3 Å². The van der Waals surface area contributed by atoms with E-state index in [1.54, 1.807) is 48.7 Å². The predicted molar refractivity (Wildman–Crippen MR) is 171 cm³/mol. The zero-order valence-corrected chi connectivity index (χ0v) is 27.0. The van der Waals surface area contributed by atoms with Gasteiger partial charge in [0.25, 0.3) is 0 Å². The normalized spacial score (nSPS) is 13.0. The molecule has 0 saturated heterocycles. The molecule has 0 spiro atoms. The van der Waals surface area contributed by atoms with Crippen molar-refractivity contribution in [2.75, 3.05) is 20.6 Å². The lowest BCUT2D eigenvalue weighted by atomic mass is 9.98. The first-order valence-corrected chi connectivity index (χ1v) is 14.8. The molecular formula is C35H45N3O6. The molecule has 2 atom stereocenters. The second-order valence-electron chi connectivity index (χ2n) is 12.7. The van der Waals surface area contributed by atoms with Crippen molar-refractivity contribution in [2.24, 2.45) is 0 Å². The van der Waals surface area contributed by atoms with Crippen LogP contribution in [0.1, 0.15) is 52.7 Å². The van der Waals surface area contributed by atoms with Crippen LogP contribution in [0.4, 0.5) is 4.79 Å². The van der Waals surface area contributed by atoms with Crippen molar-refractivity contribution < 1.29 is 28.7 Å². The molecule has 3 aromatic rings. The number of hydrogen-bond donors (Lipinski definition) is 1. The van der Waals surface area contributed by atoms with Crippen molar-refractivity contribution >= 4 is 34.6 Å². The zero-order chi connectivity index (χ0) is 32.7. The summed E-state index contributed by atoms with van der Waals surface area (Å²) < 4.78 is 11.0. The number of carbonyl (C=O) groups is 4. The van der Waals surface area contributed by atoms with Gasteiger partial charge in [-0.05, 0) is 56.5 Å². The molecule has 0 fully saturated rings. The highest BCUT2D eigenvalue weighted by Crippen LogP contribution is 2.21. The van der Waals surface area contributed by atoms with Crippen LogP contribution in [0.5, 0.6) is 0 Å².